The molecule has 11 heavy (non-hydrogen) atoms. The molecule has 0 aromatic carbocycles. The van der Waals surface area contributed by atoms with Gasteiger partial charge in [0.2, 0.25) is 0 Å². The molecule has 2 atom stereocenters. The lowest BCUT2D eigenvalue weighted by atomic mass is 9.70. The molecule has 2 heteroatoms. The molecule has 4 rings (SSSR count). The smallest absolute Gasteiger partial charge is 0.0479 e. The van der Waals surface area contributed by atoms with Gasteiger partial charge in [-0.3, -0.25) is 0 Å². The maximum Gasteiger partial charge on any atom is 0.0479 e. The average Bonchev–Trinajstić information content (AvgIpc) is 2.73. The number of alkyl halides is 2. The minimum absolute atomic E-state index is 0.182. The highest BCUT2D eigenvalue weighted by molar-refractivity contribution is 6.28. The molecule has 0 radical (unpaired) electrons. The lowest BCUT2D eigenvalue weighted by Crippen LogP contribution is -2.46. The third-order valence-electron chi connectivity index (χ3n) is 4.03. The van der Waals surface area contributed by atoms with Gasteiger partial charge in [0.25, 0.3) is 0 Å². The molecule has 0 aromatic heterocycles. The Morgan fingerprint density at radius 3 is 1.55 bits per heavy atom. The summed E-state index contributed by atoms with van der Waals surface area (Å²) in [6.07, 6.45) is 5.98. The second-order valence-electron chi connectivity index (χ2n) is 4.52. The Morgan fingerprint density at radius 2 is 1.18 bits per heavy atom. The molecular weight excluding hydrogens is 179 g/mol. The van der Waals surface area contributed by atoms with Crippen LogP contribution in [0.3, 0.4) is 0 Å². The van der Waals surface area contributed by atoms with Gasteiger partial charge in [0.05, 0.1) is 0 Å². The van der Waals surface area contributed by atoms with Gasteiger partial charge in [0.15, 0.2) is 0 Å². The Balaban J connectivity index is 2.01. The molecule has 0 heterocycles. The van der Waals surface area contributed by atoms with Crippen molar-refractivity contribution in [2.45, 2.75) is 41.9 Å². The zero-order chi connectivity index (χ0) is 7.69. The molecule has 62 valence electrons. The van der Waals surface area contributed by atoms with Gasteiger partial charge >= 0.3 is 0 Å². The summed E-state index contributed by atoms with van der Waals surface area (Å²) in [6.45, 7) is 0. The van der Waals surface area contributed by atoms with Crippen molar-refractivity contribution in [3.8, 4) is 0 Å². The SMILES string of the molecule is ClC12CCC(Cl)(CC1)[C@H]1C[C@H]12. The molecule has 0 saturated heterocycles. The summed E-state index contributed by atoms with van der Waals surface area (Å²) >= 11 is 13.0. The standard InChI is InChI=1S/C9H12Cl2/c10-8-1-2-9(11,4-3-8)7-5-6(7)8/h6-7H,1-5H2/t6-,7+,8?,9?. The molecule has 0 unspecified atom stereocenters. The van der Waals surface area contributed by atoms with Crippen LogP contribution in [0, 0.1) is 11.8 Å². The van der Waals surface area contributed by atoms with Gasteiger partial charge < -0.3 is 0 Å². The highest BCUT2D eigenvalue weighted by Gasteiger charge is 2.67. The molecule has 0 spiro atoms. The van der Waals surface area contributed by atoms with Gasteiger partial charge in [0, 0.05) is 9.75 Å². The molecule has 4 aliphatic rings. The van der Waals surface area contributed by atoms with Gasteiger partial charge in [-0.25, -0.2) is 0 Å². The van der Waals surface area contributed by atoms with Crippen LogP contribution in [0.15, 0.2) is 0 Å². The first-order chi connectivity index (χ1) is 5.14. The third-order valence-corrected chi connectivity index (χ3v) is 5.35. The van der Waals surface area contributed by atoms with Crippen LogP contribution < -0.4 is 0 Å². The number of rotatable bonds is 0. The zero-order valence-corrected chi connectivity index (χ0v) is 7.96. The van der Waals surface area contributed by atoms with Crippen LogP contribution in [0.4, 0.5) is 0 Å². The van der Waals surface area contributed by atoms with E-state index in [1.54, 1.807) is 0 Å². The van der Waals surface area contributed by atoms with E-state index in [1.165, 1.54) is 32.1 Å². The van der Waals surface area contributed by atoms with Crippen molar-refractivity contribution in [3.63, 3.8) is 0 Å². The summed E-state index contributed by atoms with van der Waals surface area (Å²) in [5.74, 6) is 1.56. The minimum atomic E-state index is 0.182. The molecule has 0 nitrogen and oxygen atoms in total. The van der Waals surface area contributed by atoms with Gasteiger partial charge in [-0.05, 0) is 43.9 Å². The van der Waals surface area contributed by atoms with E-state index in [1.807, 2.05) is 0 Å². The molecular formula is C9H12Cl2. The van der Waals surface area contributed by atoms with E-state index in [-0.39, 0.29) is 9.75 Å². The highest BCUT2D eigenvalue weighted by Crippen LogP contribution is 2.70. The van der Waals surface area contributed by atoms with E-state index in [0.717, 1.165) is 11.8 Å². The van der Waals surface area contributed by atoms with Crippen molar-refractivity contribution < 1.29 is 0 Å². The number of fused-ring (bicyclic) bond motifs is 2. The number of hydrogen-bond donors (Lipinski definition) is 0. The predicted molar refractivity (Wildman–Crippen MR) is 47.2 cm³/mol. The van der Waals surface area contributed by atoms with Gasteiger partial charge in [-0.1, -0.05) is 0 Å². The fourth-order valence-corrected chi connectivity index (χ4v) is 4.02. The van der Waals surface area contributed by atoms with Gasteiger partial charge in [-0.15, -0.1) is 23.2 Å². The molecule has 4 aliphatic carbocycles. The molecule has 0 amide bonds. The first-order valence-corrected chi connectivity index (χ1v) is 5.28. The lowest BCUT2D eigenvalue weighted by molar-refractivity contribution is 0.204. The number of hydrogen-bond acceptors (Lipinski definition) is 0. The zero-order valence-electron chi connectivity index (χ0n) is 6.45. The Morgan fingerprint density at radius 1 is 0.818 bits per heavy atom. The summed E-state index contributed by atoms with van der Waals surface area (Å²) in [5, 5.41) is 0. The summed E-state index contributed by atoms with van der Waals surface area (Å²) in [4.78, 5) is 0.364. The van der Waals surface area contributed by atoms with Crippen LogP contribution in [0.2, 0.25) is 0 Å². The van der Waals surface area contributed by atoms with Crippen LogP contribution in [0.5, 0.6) is 0 Å². The second kappa shape index (κ2) is 1.75. The van der Waals surface area contributed by atoms with Gasteiger partial charge in [0.1, 0.15) is 0 Å². The molecule has 4 saturated carbocycles. The fraction of sp³-hybridized carbons (Fsp3) is 1.00. The Hall–Kier alpha value is 0.580. The maximum atomic E-state index is 6.49. The van der Waals surface area contributed by atoms with E-state index in [4.69, 9.17) is 23.2 Å². The first kappa shape index (κ1) is 7.03. The normalized spacial score (nSPS) is 66.0. The largest absolute Gasteiger partial charge is 0.119 e. The van der Waals surface area contributed by atoms with Gasteiger partial charge in [-0.2, -0.15) is 0 Å². The van der Waals surface area contributed by atoms with Crippen LogP contribution in [-0.2, 0) is 0 Å². The van der Waals surface area contributed by atoms with Crippen LogP contribution in [-0.4, -0.2) is 9.75 Å². The van der Waals surface area contributed by atoms with E-state index in [9.17, 15) is 0 Å². The maximum absolute atomic E-state index is 6.49. The van der Waals surface area contributed by atoms with Crippen molar-refractivity contribution in [2.24, 2.45) is 11.8 Å². The Bertz CT molecular complexity index is 182. The van der Waals surface area contributed by atoms with E-state index in [0.29, 0.717) is 0 Å². The molecule has 0 N–H and O–H groups in total. The summed E-state index contributed by atoms with van der Waals surface area (Å²) in [6, 6.07) is 0. The lowest BCUT2D eigenvalue weighted by Gasteiger charge is -2.46. The van der Waals surface area contributed by atoms with Crippen molar-refractivity contribution >= 4 is 23.2 Å². The Kier molecular flexibility index (Phi) is 1.12. The quantitative estimate of drug-likeness (QED) is 0.516. The van der Waals surface area contributed by atoms with E-state index >= 15 is 0 Å². The van der Waals surface area contributed by atoms with E-state index < -0.39 is 0 Å². The average molecular weight is 191 g/mol. The molecule has 2 bridgehead atoms. The van der Waals surface area contributed by atoms with E-state index in [2.05, 4.69) is 0 Å². The minimum Gasteiger partial charge on any atom is -0.119 e. The molecule has 0 aliphatic heterocycles. The van der Waals surface area contributed by atoms with Crippen molar-refractivity contribution in [1.82, 2.24) is 0 Å². The molecule has 0 aromatic rings. The second-order valence-corrected chi connectivity index (χ2v) is 6.02. The van der Waals surface area contributed by atoms with Crippen LogP contribution in [0.25, 0.3) is 0 Å². The Labute approximate surface area is 77.2 Å². The first-order valence-electron chi connectivity index (χ1n) is 4.52. The van der Waals surface area contributed by atoms with Crippen molar-refractivity contribution in [2.75, 3.05) is 0 Å². The monoisotopic (exact) mass is 190 g/mol. The summed E-state index contributed by atoms with van der Waals surface area (Å²) in [7, 11) is 0. The molecule has 4 fully saturated rings. The summed E-state index contributed by atoms with van der Waals surface area (Å²) < 4.78 is 0. The van der Waals surface area contributed by atoms with Crippen molar-refractivity contribution in [1.29, 1.82) is 0 Å². The van der Waals surface area contributed by atoms with Crippen LogP contribution >= 0.6 is 23.2 Å². The predicted octanol–water partition coefficient (Wildman–Crippen LogP) is 3.17. The van der Waals surface area contributed by atoms with Crippen molar-refractivity contribution in [3.05, 3.63) is 0 Å². The highest BCUT2D eigenvalue weighted by atomic mass is 35.5. The summed E-state index contributed by atoms with van der Waals surface area (Å²) in [5.41, 5.74) is 0. The van der Waals surface area contributed by atoms with Crippen LogP contribution in [0.1, 0.15) is 32.1 Å². The third kappa shape index (κ3) is 0.734. The number of halogens is 2. The topological polar surface area (TPSA) is 0 Å². The fourth-order valence-electron chi connectivity index (χ4n) is 3.16.